The van der Waals surface area contributed by atoms with Gasteiger partial charge in [-0.25, -0.2) is 0 Å². The molecule has 1 saturated heterocycles. The molecule has 1 amide bonds. The first-order valence-electron chi connectivity index (χ1n) is 8.64. The first-order chi connectivity index (χ1) is 12.3. The number of hydrogen-bond acceptors (Lipinski definition) is 4. The van der Waals surface area contributed by atoms with Gasteiger partial charge in [-0.1, -0.05) is 32.4 Å². The fourth-order valence-electron chi connectivity index (χ4n) is 2.68. The lowest BCUT2D eigenvalue weighted by Crippen LogP contribution is -2.46. The summed E-state index contributed by atoms with van der Waals surface area (Å²) in [5.74, 6) is 0.130. The van der Waals surface area contributed by atoms with Crippen molar-refractivity contribution in [1.82, 2.24) is 9.88 Å². The van der Waals surface area contributed by atoms with Crippen LogP contribution < -0.4 is 14.9 Å². The predicted octanol–water partition coefficient (Wildman–Crippen LogP) is 3.61. The first kappa shape index (κ1) is 19.1. The van der Waals surface area contributed by atoms with Gasteiger partial charge in [0.25, 0.3) is 5.91 Å². The van der Waals surface area contributed by atoms with Crippen molar-refractivity contribution in [3.63, 3.8) is 0 Å². The topological polar surface area (TPSA) is 55.6 Å². The van der Waals surface area contributed by atoms with Crippen molar-refractivity contribution in [3.05, 3.63) is 44.7 Å². The molecule has 1 atom stereocenters. The van der Waals surface area contributed by atoms with Crippen molar-refractivity contribution in [2.45, 2.75) is 45.2 Å². The molecule has 26 heavy (non-hydrogen) atoms. The summed E-state index contributed by atoms with van der Waals surface area (Å²) in [7, 11) is 1.53. The summed E-state index contributed by atoms with van der Waals surface area (Å²) in [6, 6.07) is 5.42. The third kappa shape index (κ3) is 4.19. The highest BCUT2D eigenvalue weighted by molar-refractivity contribution is 7.09. The second-order valence-corrected chi connectivity index (χ2v) is 8.93. The quantitative estimate of drug-likeness (QED) is 0.863. The van der Waals surface area contributed by atoms with E-state index in [1.54, 1.807) is 29.5 Å². The van der Waals surface area contributed by atoms with E-state index < -0.39 is 0 Å². The summed E-state index contributed by atoms with van der Waals surface area (Å²) >= 11 is 7.61. The number of amides is 1. The highest BCUT2D eigenvalue weighted by atomic mass is 35.5. The van der Waals surface area contributed by atoms with E-state index in [9.17, 15) is 4.79 Å². The molecule has 140 valence electrons. The molecule has 0 spiro atoms. The summed E-state index contributed by atoms with van der Waals surface area (Å²) in [5, 5.41) is 3.88. The minimum Gasteiger partial charge on any atom is -0.496 e. The normalized spacial score (nSPS) is 17.9. The fourth-order valence-corrected chi connectivity index (χ4v) is 3.91. The molecule has 2 aromatic rings. The van der Waals surface area contributed by atoms with Gasteiger partial charge >= 0.3 is 0 Å². The number of ether oxygens (including phenoxy) is 1. The molecule has 2 heterocycles. The molecule has 0 saturated carbocycles. The van der Waals surface area contributed by atoms with E-state index in [2.05, 4.69) is 41.8 Å². The van der Waals surface area contributed by atoms with Gasteiger partial charge in [0.2, 0.25) is 0 Å². The number of halogens is 1. The van der Waals surface area contributed by atoms with Crippen LogP contribution in [0.5, 0.6) is 5.75 Å². The number of hydrogen-bond donors (Lipinski definition) is 1. The molecule has 1 aromatic carbocycles. The Morgan fingerprint density at radius 3 is 2.77 bits per heavy atom. The van der Waals surface area contributed by atoms with E-state index in [0.29, 0.717) is 27.2 Å². The van der Waals surface area contributed by atoms with Crippen LogP contribution in [0.3, 0.4) is 0 Å². The van der Waals surface area contributed by atoms with Gasteiger partial charge in [0.1, 0.15) is 5.75 Å². The van der Waals surface area contributed by atoms with E-state index >= 15 is 0 Å². The van der Waals surface area contributed by atoms with Gasteiger partial charge in [-0.2, -0.15) is 4.99 Å². The van der Waals surface area contributed by atoms with Crippen LogP contribution in [-0.2, 0) is 12.0 Å². The molecule has 1 aliphatic rings. The van der Waals surface area contributed by atoms with Crippen LogP contribution in [0, 0.1) is 0 Å². The van der Waals surface area contributed by atoms with E-state index in [1.807, 2.05) is 0 Å². The summed E-state index contributed by atoms with van der Waals surface area (Å²) < 4.78 is 7.37. The van der Waals surface area contributed by atoms with Crippen LogP contribution in [0.15, 0.2) is 29.4 Å². The maximum Gasteiger partial charge on any atom is 0.283 e. The molecular formula is C19H24ClN3O2S. The Kier molecular flexibility index (Phi) is 5.55. The molecule has 1 fully saturated rings. The lowest BCUT2D eigenvalue weighted by molar-refractivity contribution is 0.0994. The molecule has 1 N–H and O–H groups in total. The lowest BCUT2D eigenvalue weighted by Gasteiger charge is -2.27. The number of methoxy groups -OCH3 is 1. The van der Waals surface area contributed by atoms with Gasteiger partial charge in [0, 0.05) is 28.7 Å². The molecule has 0 bridgehead atoms. The molecule has 5 nitrogen and oxygen atoms in total. The number of aromatic nitrogens is 1. The Balaban J connectivity index is 2.02. The van der Waals surface area contributed by atoms with Crippen LogP contribution in [-0.4, -0.2) is 30.2 Å². The van der Waals surface area contributed by atoms with Crippen LogP contribution in [0.25, 0.3) is 0 Å². The summed E-state index contributed by atoms with van der Waals surface area (Å²) in [4.78, 5) is 19.1. The number of carbonyl (C=O) groups excluding carboxylic acids is 1. The van der Waals surface area contributed by atoms with Crippen molar-refractivity contribution >= 4 is 28.8 Å². The summed E-state index contributed by atoms with van der Waals surface area (Å²) in [6.07, 6.45) is 3.26. The number of benzene rings is 1. The third-order valence-electron chi connectivity index (χ3n) is 4.39. The van der Waals surface area contributed by atoms with Crippen LogP contribution in [0.1, 0.15) is 42.4 Å². The van der Waals surface area contributed by atoms with E-state index in [1.165, 1.54) is 12.0 Å². The summed E-state index contributed by atoms with van der Waals surface area (Å²) in [5.41, 5.74) is 0.378. The van der Waals surface area contributed by atoms with E-state index in [4.69, 9.17) is 16.3 Å². The molecular weight excluding hydrogens is 370 g/mol. The number of nitrogens with zero attached hydrogens (tertiary/aromatic N) is 2. The van der Waals surface area contributed by atoms with Gasteiger partial charge in [-0.15, -0.1) is 11.3 Å². The maximum atomic E-state index is 12.8. The average molecular weight is 394 g/mol. The van der Waals surface area contributed by atoms with Gasteiger partial charge in [0.05, 0.1) is 12.7 Å². The predicted molar refractivity (Wildman–Crippen MR) is 105 cm³/mol. The zero-order valence-corrected chi connectivity index (χ0v) is 17.1. The Hall–Kier alpha value is -1.63. The van der Waals surface area contributed by atoms with Crippen molar-refractivity contribution in [2.24, 2.45) is 4.99 Å². The monoisotopic (exact) mass is 393 g/mol. The maximum absolute atomic E-state index is 12.8. The number of rotatable bonds is 4. The first-order valence-corrected chi connectivity index (χ1v) is 9.84. The van der Waals surface area contributed by atoms with Gasteiger partial charge in [0.15, 0.2) is 4.80 Å². The van der Waals surface area contributed by atoms with Crippen molar-refractivity contribution in [1.29, 1.82) is 0 Å². The fraction of sp³-hybridized carbons (Fsp3) is 0.474. The van der Waals surface area contributed by atoms with Crippen molar-refractivity contribution in [2.75, 3.05) is 13.7 Å². The standard InChI is InChI=1S/C19H24ClN3O2S/c1-19(2,3)16-11-23(10-13-7-8-21-13)18(26-16)22-17(24)14-9-12(20)5-6-15(14)25-4/h5-6,9,11,13,21H,7-8,10H2,1-4H3/b22-18-/t13-/m1/s1. The Labute approximate surface area is 162 Å². The number of nitrogens with one attached hydrogen (secondary N) is 1. The lowest BCUT2D eigenvalue weighted by atomic mass is 9.95. The molecule has 7 heteroatoms. The molecule has 1 aromatic heterocycles. The minimum atomic E-state index is -0.345. The minimum absolute atomic E-state index is 0.00399. The second kappa shape index (κ2) is 7.55. The molecule has 1 aliphatic heterocycles. The van der Waals surface area contributed by atoms with E-state index in [0.717, 1.165) is 19.5 Å². The zero-order chi connectivity index (χ0) is 18.9. The zero-order valence-electron chi connectivity index (χ0n) is 15.5. The van der Waals surface area contributed by atoms with E-state index in [-0.39, 0.29) is 11.3 Å². The van der Waals surface area contributed by atoms with Gasteiger partial charge in [-0.3, -0.25) is 4.79 Å². The van der Waals surface area contributed by atoms with Gasteiger partial charge < -0.3 is 14.6 Å². The second-order valence-electron chi connectivity index (χ2n) is 7.48. The highest BCUT2D eigenvalue weighted by Gasteiger charge is 2.22. The average Bonchev–Trinajstić information content (AvgIpc) is 2.94. The SMILES string of the molecule is COc1ccc(Cl)cc1C(=O)/N=c1\sc(C(C)(C)C)cn1C[C@H]1CCN1. The van der Waals surface area contributed by atoms with Crippen LogP contribution in [0.4, 0.5) is 0 Å². The van der Waals surface area contributed by atoms with Crippen LogP contribution >= 0.6 is 22.9 Å². The number of thiazole rings is 1. The van der Waals surface area contributed by atoms with Gasteiger partial charge in [-0.05, 0) is 36.6 Å². The third-order valence-corrected chi connectivity index (χ3v) is 6.07. The molecule has 0 unspecified atom stereocenters. The molecule has 0 radical (unpaired) electrons. The van der Waals surface area contributed by atoms with Crippen molar-refractivity contribution < 1.29 is 9.53 Å². The molecule has 3 rings (SSSR count). The Morgan fingerprint density at radius 1 is 1.46 bits per heavy atom. The largest absolute Gasteiger partial charge is 0.496 e. The molecule has 0 aliphatic carbocycles. The number of carbonyl (C=O) groups is 1. The van der Waals surface area contributed by atoms with Crippen molar-refractivity contribution in [3.8, 4) is 5.75 Å². The van der Waals surface area contributed by atoms with Crippen LogP contribution in [0.2, 0.25) is 5.02 Å². The smallest absolute Gasteiger partial charge is 0.283 e. The Bertz CT molecular complexity index is 876. The summed E-state index contributed by atoms with van der Waals surface area (Å²) in [6.45, 7) is 8.35. The Morgan fingerprint density at radius 2 is 2.19 bits per heavy atom. The highest BCUT2D eigenvalue weighted by Crippen LogP contribution is 2.26.